The molecule has 1 heterocycles. The zero-order valence-corrected chi connectivity index (χ0v) is 9.80. The first kappa shape index (κ1) is 10.6. The van der Waals surface area contributed by atoms with Crippen LogP contribution in [0.15, 0.2) is 36.4 Å². The van der Waals surface area contributed by atoms with Gasteiger partial charge in [0, 0.05) is 0 Å². The molecule has 0 radical (unpaired) electrons. The first-order valence-corrected chi connectivity index (χ1v) is 6.16. The van der Waals surface area contributed by atoms with E-state index in [1.807, 2.05) is 0 Å². The second-order valence-corrected chi connectivity index (χ2v) is 4.83. The minimum atomic E-state index is -0.330. The molecule has 0 spiro atoms. The van der Waals surface area contributed by atoms with E-state index >= 15 is 0 Å². The van der Waals surface area contributed by atoms with Crippen LogP contribution >= 0.6 is 0 Å². The van der Waals surface area contributed by atoms with E-state index in [-0.39, 0.29) is 26.8 Å². The van der Waals surface area contributed by atoms with E-state index in [1.165, 1.54) is 12.2 Å². The van der Waals surface area contributed by atoms with Crippen molar-refractivity contribution in [2.45, 2.75) is 0 Å². The molecule has 0 atom stereocenters. The van der Waals surface area contributed by atoms with Gasteiger partial charge in [0.25, 0.3) is 0 Å². The van der Waals surface area contributed by atoms with Gasteiger partial charge in [-0.15, -0.1) is 0 Å². The average molecular weight is 277 g/mol. The second kappa shape index (κ2) is 4.31. The Hall–Kier alpha value is -1.89. The third kappa shape index (κ3) is 1.89. The molecule has 0 saturated carbocycles. The minimum absolute atomic E-state index is 0.212. The molecule has 1 aromatic carbocycles. The van der Waals surface area contributed by atoms with Crippen molar-refractivity contribution in [1.82, 2.24) is 0 Å². The summed E-state index contributed by atoms with van der Waals surface area (Å²) in [5.74, 6) is -0.660. The quantitative estimate of drug-likeness (QED) is 0.561. The molecule has 1 aliphatic rings. The van der Waals surface area contributed by atoms with E-state index in [9.17, 15) is 9.59 Å². The normalized spacial score (nSPS) is 14.3. The molecule has 2 amide bonds. The van der Waals surface area contributed by atoms with Crippen molar-refractivity contribution in [1.29, 1.82) is 5.26 Å². The Morgan fingerprint density at radius 1 is 1.06 bits per heavy atom. The van der Waals surface area contributed by atoms with Crippen LogP contribution in [0, 0.1) is 10.2 Å². The first-order valence-electron chi connectivity index (χ1n) is 4.44. The van der Waals surface area contributed by atoms with Gasteiger partial charge in [0.2, 0.25) is 0 Å². The Balaban J connectivity index is 2.26. The Labute approximate surface area is 98.3 Å². The number of amides is 2. The molecule has 4 nitrogen and oxygen atoms in total. The Kier molecular flexibility index (Phi) is 2.86. The van der Waals surface area contributed by atoms with Crippen molar-refractivity contribution in [3.63, 3.8) is 0 Å². The third-order valence-corrected chi connectivity index (χ3v) is 3.32. The molecular formula is C11H6N2O2Se. The molecule has 0 aromatic heterocycles. The number of rotatable bonds is 2. The monoisotopic (exact) mass is 278 g/mol. The number of benzene rings is 1. The van der Waals surface area contributed by atoms with Crippen LogP contribution in [0.25, 0.3) is 0 Å². The van der Waals surface area contributed by atoms with Gasteiger partial charge in [-0.3, -0.25) is 0 Å². The molecule has 1 aliphatic heterocycles. The second-order valence-electron chi connectivity index (χ2n) is 3.03. The Morgan fingerprint density at radius 3 is 2.12 bits per heavy atom. The summed E-state index contributed by atoms with van der Waals surface area (Å²) < 4.78 is 0.922. The van der Waals surface area contributed by atoms with Crippen LogP contribution in [0.4, 0.5) is 5.69 Å². The fourth-order valence-electron chi connectivity index (χ4n) is 1.37. The van der Waals surface area contributed by atoms with Crippen LogP contribution in [0.3, 0.4) is 0 Å². The summed E-state index contributed by atoms with van der Waals surface area (Å²) in [6.45, 7) is 0. The van der Waals surface area contributed by atoms with Crippen molar-refractivity contribution >= 4 is 36.9 Å². The number of hydrogen-bond donors (Lipinski definition) is 0. The van der Waals surface area contributed by atoms with Crippen molar-refractivity contribution in [3.05, 3.63) is 36.4 Å². The van der Waals surface area contributed by atoms with Gasteiger partial charge < -0.3 is 0 Å². The van der Waals surface area contributed by atoms with E-state index in [0.29, 0.717) is 5.69 Å². The zero-order valence-electron chi connectivity index (χ0n) is 8.08. The SMILES string of the molecule is N#C[Se]c1ccc(N2C(=O)C=CC2=O)cc1. The predicted molar refractivity (Wildman–Crippen MR) is 59.1 cm³/mol. The summed E-state index contributed by atoms with van der Waals surface area (Å²) in [5.41, 5.74) is 0.539. The van der Waals surface area contributed by atoms with Crippen LogP contribution in [0.1, 0.15) is 0 Å². The van der Waals surface area contributed by atoms with Crippen LogP contribution in [-0.4, -0.2) is 26.8 Å². The molecule has 0 bridgehead atoms. The van der Waals surface area contributed by atoms with Crippen molar-refractivity contribution < 1.29 is 9.59 Å². The van der Waals surface area contributed by atoms with E-state index in [4.69, 9.17) is 5.26 Å². The van der Waals surface area contributed by atoms with Crippen molar-refractivity contribution in [3.8, 4) is 4.97 Å². The number of carbonyl (C=O) groups is 2. The van der Waals surface area contributed by atoms with Gasteiger partial charge in [-0.05, 0) is 0 Å². The summed E-state index contributed by atoms with van der Waals surface area (Å²) in [4.78, 5) is 25.9. The Bertz CT molecular complexity index is 496. The molecule has 5 heteroatoms. The Morgan fingerprint density at radius 2 is 1.62 bits per heavy atom. The third-order valence-electron chi connectivity index (χ3n) is 2.07. The fraction of sp³-hybridized carbons (Fsp3) is 0. The molecule has 2 rings (SSSR count). The number of nitriles is 1. The van der Waals surface area contributed by atoms with Gasteiger partial charge in [0.1, 0.15) is 0 Å². The van der Waals surface area contributed by atoms with E-state index in [0.717, 1.165) is 9.36 Å². The molecule has 0 N–H and O–H groups in total. The maximum absolute atomic E-state index is 11.4. The molecular weight excluding hydrogens is 271 g/mol. The average Bonchev–Trinajstić information content (AvgIpc) is 2.61. The zero-order chi connectivity index (χ0) is 11.5. The van der Waals surface area contributed by atoms with E-state index < -0.39 is 0 Å². The molecule has 0 fully saturated rings. The fourth-order valence-corrected chi connectivity index (χ4v) is 2.16. The summed E-state index contributed by atoms with van der Waals surface area (Å²) in [5, 5.41) is 8.53. The molecule has 0 unspecified atom stereocenters. The van der Waals surface area contributed by atoms with Gasteiger partial charge in [-0.2, -0.15) is 0 Å². The van der Waals surface area contributed by atoms with E-state index in [2.05, 4.69) is 4.97 Å². The number of anilines is 1. The van der Waals surface area contributed by atoms with Crippen LogP contribution < -0.4 is 9.36 Å². The van der Waals surface area contributed by atoms with Gasteiger partial charge in [-0.25, -0.2) is 0 Å². The number of carbonyl (C=O) groups excluding carboxylic acids is 2. The maximum atomic E-state index is 11.4. The standard InChI is InChI=1S/C11H6N2O2Se/c12-7-16-9-3-1-8(2-4-9)13-10(14)5-6-11(13)15/h1-6H. The van der Waals surface area contributed by atoms with Crippen molar-refractivity contribution in [2.75, 3.05) is 4.90 Å². The molecule has 78 valence electrons. The van der Waals surface area contributed by atoms with E-state index in [1.54, 1.807) is 24.3 Å². The molecule has 1 aromatic rings. The summed E-state index contributed by atoms with van der Waals surface area (Å²) in [6.07, 6.45) is 2.49. The van der Waals surface area contributed by atoms with Gasteiger partial charge in [0.15, 0.2) is 0 Å². The summed E-state index contributed by atoms with van der Waals surface area (Å²) >= 11 is -0.212. The van der Waals surface area contributed by atoms with Crippen LogP contribution in [0.2, 0.25) is 0 Å². The van der Waals surface area contributed by atoms with Crippen LogP contribution in [0.5, 0.6) is 0 Å². The summed E-state index contributed by atoms with van der Waals surface area (Å²) in [6, 6.07) is 6.88. The van der Waals surface area contributed by atoms with Crippen LogP contribution in [-0.2, 0) is 9.59 Å². The molecule has 0 saturated heterocycles. The van der Waals surface area contributed by atoms with Gasteiger partial charge in [-0.1, -0.05) is 0 Å². The first-order chi connectivity index (χ1) is 7.72. The number of nitrogens with zero attached hydrogens (tertiary/aromatic N) is 2. The molecule has 16 heavy (non-hydrogen) atoms. The van der Waals surface area contributed by atoms with Crippen molar-refractivity contribution in [2.24, 2.45) is 0 Å². The molecule has 0 aliphatic carbocycles. The van der Waals surface area contributed by atoms with Gasteiger partial charge in [0.05, 0.1) is 0 Å². The number of imide groups is 1. The van der Waals surface area contributed by atoms with Gasteiger partial charge >= 0.3 is 98.1 Å². The predicted octanol–water partition coefficient (Wildman–Crippen LogP) is -0.0734. The summed E-state index contributed by atoms with van der Waals surface area (Å²) in [7, 11) is 0. The topological polar surface area (TPSA) is 61.2 Å². The number of hydrogen-bond acceptors (Lipinski definition) is 3.